The molecule has 0 radical (unpaired) electrons. The van der Waals surface area contributed by atoms with Crippen molar-refractivity contribution in [2.75, 3.05) is 31.7 Å². The van der Waals surface area contributed by atoms with Gasteiger partial charge in [0, 0.05) is 38.4 Å². The first kappa shape index (κ1) is 11.4. The molecule has 1 atom stereocenters. The lowest BCUT2D eigenvalue weighted by Crippen LogP contribution is -2.20. The highest BCUT2D eigenvalue weighted by Crippen LogP contribution is 2.24. The molecule has 0 saturated carbocycles. The van der Waals surface area contributed by atoms with Gasteiger partial charge in [-0.15, -0.1) is 0 Å². The Hall–Kier alpha value is -1.06. The molecule has 0 spiro atoms. The zero-order chi connectivity index (χ0) is 11.4. The van der Waals surface area contributed by atoms with Crippen LogP contribution in [0.3, 0.4) is 0 Å². The van der Waals surface area contributed by atoms with Crippen LogP contribution in [-0.4, -0.2) is 31.9 Å². The van der Waals surface area contributed by atoms with Crippen LogP contribution < -0.4 is 4.90 Å². The Morgan fingerprint density at radius 1 is 1.50 bits per heavy atom. The fraction of sp³-hybridized carbons (Fsp3) is 0.538. The molecule has 0 aliphatic carbocycles. The van der Waals surface area contributed by atoms with E-state index in [9.17, 15) is 0 Å². The average molecular weight is 221 g/mol. The van der Waals surface area contributed by atoms with Crippen molar-refractivity contribution in [3.05, 3.63) is 29.8 Å². The van der Waals surface area contributed by atoms with Crippen LogP contribution in [0, 0.1) is 5.92 Å². The van der Waals surface area contributed by atoms with Gasteiger partial charge in [0.2, 0.25) is 0 Å². The van der Waals surface area contributed by atoms with Crippen molar-refractivity contribution in [3.8, 4) is 0 Å². The summed E-state index contributed by atoms with van der Waals surface area (Å²) in [5.41, 5.74) is 2.44. The summed E-state index contributed by atoms with van der Waals surface area (Å²) in [5.74, 6) is 0.436. The van der Waals surface area contributed by atoms with Gasteiger partial charge in [-0.1, -0.05) is 12.1 Å². The van der Waals surface area contributed by atoms with E-state index in [-0.39, 0.29) is 0 Å². The molecule has 1 unspecified atom stereocenters. The summed E-state index contributed by atoms with van der Waals surface area (Å²) >= 11 is 0. The minimum Gasteiger partial charge on any atom is -0.396 e. The SMILES string of the molecule is COCc1cccc(N2CCC(CO)C2)c1. The van der Waals surface area contributed by atoms with E-state index < -0.39 is 0 Å². The van der Waals surface area contributed by atoms with Gasteiger partial charge >= 0.3 is 0 Å². The maximum atomic E-state index is 9.12. The number of anilines is 1. The lowest BCUT2D eigenvalue weighted by atomic mass is 10.1. The second kappa shape index (κ2) is 5.32. The summed E-state index contributed by atoms with van der Waals surface area (Å²) in [6, 6.07) is 8.44. The molecule has 1 fully saturated rings. The van der Waals surface area contributed by atoms with Gasteiger partial charge in [0.15, 0.2) is 0 Å². The predicted molar refractivity (Wildman–Crippen MR) is 64.6 cm³/mol. The molecule has 3 heteroatoms. The quantitative estimate of drug-likeness (QED) is 0.839. The predicted octanol–water partition coefficient (Wildman–Crippen LogP) is 1.65. The van der Waals surface area contributed by atoms with E-state index in [1.807, 2.05) is 0 Å². The number of benzene rings is 1. The number of methoxy groups -OCH3 is 1. The molecule has 1 N–H and O–H groups in total. The summed E-state index contributed by atoms with van der Waals surface area (Å²) in [7, 11) is 1.71. The van der Waals surface area contributed by atoms with Crippen molar-refractivity contribution >= 4 is 5.69 Å². The molecule has 0 bridgehead atoms. The molecule has 0 amide bonds. The van der Waals surface area contributed by atoms with Gasteiger partial charge in [0.1, 0.15) is 0 Å². The van der Waals surface area contributed by atoms with Crippen molar-refractivity contribution in [1.29, 1.82) is 0 Å². The molecule has 1 aliphatic rings. The Labute approximate surface area is 96.6 Å². The van der Waals surface area contributed by atoms with Crippen molar-refractivity contribution < 1.29 is 9.84 Å². The summed E-state index contributed by atoms with van der Waals surface area (Å²) in [6.07, 6.45) is 1.09. The minimum absolute atomic E-state index is 0.300. The van der Waals surface area contributed by atoms with Crippen LogP contribution in [0.1, 0.15) is 12.0 Å². The molecule has 1 heterocycles. The Balaban J connectivity index is 2.06. The van der Waals surface area contributed by atoms with E-state index in [1.54, 1.807) is 7.11 Å². The molecule has 1 aromatic carbocycles. The molecule has 3 nitrogen and oxygen atoms in total. The van der Waals surface area contributed by atoms with Crippen LogP contribution in [0.4, 0.5) is 5.69 Å². The van der Waals surface area contributed by atoms with Crippen molar-refractivity contribution in [3.63, 3.8) is 0 Å². The van der Waals surface area contributed by atoms with E-state index in [1.165, 1.54) is 11.3 Å². The first-order valence-corrected chi connectivity index (χ1v) is 5.77. The molecule has 16 heavy (non-hydrogen) atoms. The number of aliphatic hydroxyl groups excluding tert-OH is 1. The number of rotatable bonds is 4. The van der Waals surface area contributed by atoms with E-state index in [0.29, 0.717) is 19.1 Å². The van der Waals surface area contributed by atoms with Crippen LogP contribution in [0.15, 0.2) is 24.3 Å². The fourth-order valence-electron chi connectivity index (χ4n) is 2.23. The van der Waals surface area contributed by atoms with E-state index in [2.05, 4.69) is 29.2 Å². The standard InChI is InChI=1S/C13H19NO2/c1-16-10-11-3-2-4-13(7-11)14-6-5-12(8-14)9-15/h2-4,7,12,15H,5-6,8-10H2,1H3. The van der Waals surface area contributed by atoms with Crippen LogP contribution in [0.2, 0.25) is 0 Å². The fourth-order valence-corrected chi connectivity index (χ4v) is 2.23. The van der Waals surface area contributed by atoms with Crippen LogP contribution in [-0.2, 0) is 11.3 Å². The summed E-state index contributed by atoms with van der Waals surface area (Å²) in [5, 5.41) is 9.12. The van der Waals surface area contributed by atoms with Crippen molar-refractivity contribution in [2.24, 2.45) is 5.92 Å². The topological polar surface area (TPSA) is 32.7 Å². The zero-order valence-electron chi connectivity index (χ0n) is 9.72. The second-order valence-corrected chi connectivity index (χ2v) is 4.39. The first-order valence-electron chi connectivity index (χ1n) is 5.77. The highest BCUT2D eigenvalue weighted by molar-refractivity contribution is 5.49. The highest BCUT2D eigenvalue weighted by Gasteiger charge is 2.21. The number of nitrogens with zero attached hydrogens (tertiary/aromatic N) is 1. The molecule has 1 saturated heterocycles. The Kier molecular flexibility index (Phi) is 3.80. The minimum atomic E-state index is 0.300. The molecule has 0 aromatic heterocycles. The van der Waals surface area contributed by atoms with E-state index in [0.717, 1.165) is 19.5 Å². The second-order valence-electron chi connectivity index (χ2n) is 4.39. The Morgan fingerprint density at radius 2 is 2.38 bits per heavy atom. The summed E-state index contributed by atoms with van der Waals surface area (Å²) < 4.78 is 5.13. The Bertz CT molecular complexity index is 340. The molecular formula is C13H19NO2. The smallest absolute Gasteiger partial charge is 0.0713 e. The van der Waals surface area contributed by atoms with Gasteiger partial charge in [-0.05, 0) is 24.1 Å². The molecule has 2 rings (SSSR count). The summed E-state index contributed by atoms with van der Waals surface area (Å²) in [6.45, 7) is 2.97. The lowest BCUT2D eigenvalue weighted by Gasteiger charge is -2.19. The monoisotopic (exact) mass is 221 g/mol. The van der Waals surface area contributed by atoms with Gasteiger partial charge in [-0.3, -0.25) is 0 Å². The van der Waals surface area contributed by atoms with Gasteiger partial charge < -0.3 is 14.7 Å². The van der Waals surface area contributed by atoms with Gasteiger partial charge in [-0.2, -0.15) is 0 Å². The van der Waals surface area contributed by atoms with E-state index in [4.69, 9.17) is 9.84 Å². The van der Waals surface area contributed by atoms with Gasteiger partial charge in [0.25, 0.3) is 0 Å². The third kappa shape index (κ3) is 2.54. The highest BCUT2D eigenvalue weighted by atomic mass is 16.5. The van der Waals surface area contributed by atoms with E-state index >= 15 is 0 Å². The lowest BCUT2D eigenvalue weighted by molar-refractivity contribution is 0.185. The first-order chi connectivity index (χ1) is 7.83. The maximum absolute atomic E-state index is 9.12. The largest absolute Gasteiger partial charge is 0.396 e. The molecule has 1 aromatic rings. The van der Waals surface area contributed by atoms with Crippen molar-refractivity contribution in [2.45, 2.75) is 13.0 Å². The summed E-state index contributed by atoms with van der Waals surface area (Å²) in [4.78, 5) is 2.33. The average Bonchev–Trinajstić information content (AvgIpc) is 2.78. The van der Waals surface area contributed by atoms with Crippen molar-refractivity contribution in [1.82, 2.24) is 0 Å². The number of aliphatic hydroxyl groups is 1. The van der Waals surface area contributed by atoms with Crippen LogP contribution in [0.5, 0.6) is 0 Å². The third-order valence-electron chi connectivity index (χ3n) is 3.13. The molecule has 88 valence electrons. The maximum Gasteiger partial charge on any atom is 0.0713 e. The van der Waals surface area contributed by atoms with Gasteiger partial charge in [0.05, 0.1) is 6.61 Å². The normalized spacial score (nSPS) is 20.4. The number of hydrogen-bond acceptors (Lipinski definition) is 3. The molecule has 1 aliphatic heterocycles. The zero-order valence-corrected chi connectivity index (χ0v) is 9.72. The van der Waals surface area contributed by atoms with Gasteiger partial charge in [-0.25, -0.2) is 0 Å². The Morgan fingerprint density at radius 3 is 3.06 bits per heavy atom. The number of ether oxygens (including phenoxy) is 1. The van der Waals surface area contributed by atoms with Crippen LogP contribution >= 0.6 is 0 Å². The van der Waals surface area contributed by atoms with Crippen LogP contribution in [0.25, 0.3) is 0 Å². The molecular weight excluding hydrogens is 202 g/mol. The number of hydrogen-bond donors (Lipinski definition) is 1. The third-order valence-corrected chi connectivity index (χ3v) is 3.13.